The average Bonchev–Trinajstić information content (AvgIpc) is 3.02. The molecule has 0 unspecified atom stereocenters. The fourth-order valence-corrected chi connectivity index (χ4v) is 4.88. The zero-order valence-corrected chi connectivity index (χ0v) is 24.1. The summed E-state index contributed by atoms with van der Waals surface area (Å²) in [6.07, 6.45) is 0. The van der Waals surface area contributed by atoms with Gasteiger partial charge in [-0.1, -0.05) is 71.7 Å². The van der Waals surface area contributed by atoms with Crippen molar-refractivity contribution >= 4 is 46.6 Å². The molecule has 9 nitrogen and oxygen atoms in total. The molecule has 0 aliphatic carbocycles. The molecule has 3 aromatic carbocycles. The van der Waals surface area contributed by atoms with Crippen molar-refractivity contribution in [2.75, 3.05) is 42.6 Å². The Morgan fingerprint density at radius 1 is 0.857 bits per heavy atom. The monoisotopic (exact) mass is 605 g/mol. The van der Waals surface area contributed by atoms with E-state index in [1.807, 2.05) is 48.5 Å². The molecule has 1 aliphatic rings. The summed E-state index contributed by atoms with van der Waals surface area (Å²) in [4.78, 5) is 38.9. The van der Waals surface area contributed by atoms with E-state index in [0.717, 1.165) is 24.3 Å². The quantitative estimate of drug-likeness (QED) is 0.255. The summed E-state index contributed by atoms with van der Waals surface area (Å²) in [5.74, 6) is -1.05. The van der Waals surface area contributed by atoms with Crippen LogP contribution in [-0.2, 0) is 16.1 Å². The number of piperazine rings is 1. The van der Waals surface area contributed by atoms with Gasteiger partial charge in [0.05, 0.1) is 23.3 Å². The number of anilines is 2. The first-order valence-electron chi connectivity index (χ1n) is 13.4. The molecular formula is C31H29Cl2N5O4. The molecule has 4 aromatic rings. The second kappa shape index (κ2) is 13.7. The molecule has 1 atom stereocenters. The van der Waals surface area contributed by atoms with Crippen molar-refractivity contribution in [2.45, 2.75) is 12.6 Å². The highest BCUT2D eigenvalue weighted by Crippen LogP contribution is 2.29. The number of benzene rings is 3. The first-order valence-corrected chi connectivity index (χ1v) is 14.2. The van der Waals surface area contributed by atoms with E-state index < -0.39 is 17.9 Å². The van der Waals surface area contributed by atoms with E-state index in [-0.39, 0.29) is 24.7 Å². The van der Waals surface area contributed by atoms with Crippen molar-refractivity contribution in [1.82, 2.24) is 15.3 Å². The molecule has 0 bridgehead atoms. The summed E-state index contributed by atoms with van der Waals surface area (Å²) in [5.41, 5.74) is 2.64. The van der Waals surface area contributed by atoms with Crippen LogP contribution in [0.2, 0.25) is 10.0 Å². The zero-order chi connectivity index (χ0) is 29.5. The molecule has 11 heteroatoms. The number of amides is 1. The number of carboxylic acid groups (broad SMARTS) is 1. The number of nitrogens with zero attached hydrogens (tertiary/aromatic N) is 4. The van der Waals surface area contributed by atoms with Gasteiger partial charge in [0.1, 0.15) is 11.5 Å². The summed E-state index contributed by atoms with van der Waals surface area (Å²) in [7, 11) is 0. The molecule has 2 heterocycles. The Labute approximate surface area is 253 Å². The van der Waals surface area contributed by atoms with Gasteiger partial charge in [-0.15, -0.1) is 0 Å². The molecule has 216 valence electrons. The molecule has 1 saturated heterocycles. The van der Waals surface area contributed by atoms with E-state index in [1.165, 1.54) is 0 Å². The van der Waals surface area contributed by atoms with Crippen molar-refractivity contribution < 1.29 is 19.4 Å². The van der Waals surface area contributed by atoms with Crippen molar-refractivity contribution in [2.24, 2.45) is 0 Å². The molecular weight excluding hydrogens is 577 g/mol. The van der Waals surface area contributed by atoms with E-state index in [9.17, 15) is 14.7 Å². The van der Waals surface area contributed by atoms with Crippen LogP contribution in [0.5, 0.6) is 0 Å². The SMILES string of the molecule is O=C(N[C@@H](COCc1ccccc1)C(=O)O)c1cc(N2CCN(c3ccccc3)CC2)nc(-c2ccc(Cl)c(Cl)c2)n1. The molecule has 1 aliphatic heterocycles. The fraction of sp³-hybridized carbons (Fsp3) is 0.226. The largest absolute Gasteiger partial charge is 0.480 e. The lowest BCUT2D eigenvalue weighted by atomic mass is 10.2. The highest BCUT2D eigenvalue weighted by Gasteiger charge is 2.25. The van der Waals surface area contributed by atoms with Crippen LogP contribution in [0.15, 0.2) is 84.9 Å². The Hall–Kier alpha value is -4.18. The smallest absolute Gasteiger partial charge is 0.328 e. The lowest BCUT2D eigenvalue weighted by Crippen LogP contribution is -2.47. The predicted octanol–water partition coefficient (Wildman–Crippen LogP) is 5.18. The number of aliphatic carboxylic acids is 1. The number of carbonyl (C=O) groups excluding carboxylic acids is 1. The van der Waals surface area contributed by atoms with Gasteiger partial charge in [0.15, 0.2) is 11.9 Å². The molecule has 5 rings (SSSR count). The Morgan fingerprint density at radius 2 is 1.52 bits per heavy atom. The predicted molar refractivity (Wildman–Crippen MR) is 163 cm³/mol. The zero-order valence-electron chi connectivity index (χ0n) is 22.6. The van der Waals surface area contributed by atoms with Gasteiger partial charge in [0.2, 0.25) is 0 Å². The van der Waals surface area contributed by atoms with Crippen molar-refractivity contribution in [1.29, 1.82) is 0 Å². The van der Waals surface area contributed by atoms with Gasteiger partial charge >= 0.3 is 5.97 Å². The van der Waals surface area contributed by atoms with E-state index in [2.05, 4.69) is 32.2 Å². The van der Waals surface area contributed by atoms with Crippen molar-refractivity contribution in [3.63, 3.8) is 0 Å². The maximum Gasteiger partial charge on any atom is 0.328 e. The van der Waals surface area contributed by atoms with Crippen molar-refractivity contribution in [3.8, 4) is 11.4 Å². The summed E-state index contributed by atoms with van der Waals surface area (Å²) in [6, 6.07) is 24.8. The average molecular weight is 607 g/mol. The van der Waals surface area contributed by atoms with E-state index in [0.29, 0.717) is 34.5 Å². The summed E-state index contributed by atoms with van der Waals surface area (Å²) < 4.78 is 5.59. The van der Waals surface area contributed by atoms with Crippen LogP contribution in [0.25, 0.3) is 11.4 Å². The third-order valence-corrected chi connectivity index (χ3v) is 7.59. The fourth-order valence-electron chi connectivity index (χ4n) is 4.59. The highest BCUT2D eigenvalue weighted by molar-refractivity contribution is 6.42. The topological polar surface area (TPSA) is 108 Å². The van der Waals surface area contributed by atoms with Gasteiger partial charge < -0.3 is 25.0 Å². The van der Waals surface area contributed by atoms with Gasteiger partial charge in [-0.2, -0.15) is 0 Å². The number of nitrogens with one attached hydrogen (secondary N) is 1. The number of carbonyl (C=O) groups is 2. The minimum absolute atomic E-state index is 0.0286. The molecule has 1 amide bonds. The van der Waals surface area contributed by atoms with Crippen LogP contribution < -0.4 is 15.1 Å². The first kappa shape index (κ1) is 29.3. The molecule has 0 radical (unpaired) electrons. The van der Waals surface area contributed by atoms with Gasteiger partial charge in [0.25, 0.3) is 5.91 Å². The number of carboxylic acids is 1. The van der Waals surface area contributed by atoms with Gasteiger partial charge in [-0.25, -0.2) is 14.8 Å². The molecule has 0 spiro atoms. The second-order valence-electron chi connectivity index (χ2n) is 9.74. The summed E-state index contributed by atoms with van der Waals surface area (Å²) in [6.45, 7) is 2.86. The third-order valence-electron chi connectivity index (χ3n) is 6.85. The Morgan fingerprint density at radius 3 is 2.19 bits per heavy atom. The maximum atomic E-state index is 13.4. The number of para-hydroxylation sites is 1. The normalized spacial score (nSPS) is 14.0. The van der Waals surface area contributed by atoms with Gasteiger partial charge in [-0.05, 0) is 35.9 Å². The van der Waals surface area contributed by atoms with Crippen LogP contribution in [0.3, 0.4) is 0 Å². The van der Waals surface area contributed by atoms with Crippen LogP contribution in [0.1, 0.15) is 16.1 Å². The molecule has 1 fully saturated rings. The minimum Gasteiger partial charge on any atom is -0.480 e. The van der Waals surface area contributed by atoms with Crippen LogP contribution >= 0.6 is 23.2 Å². The van der Waals surface area contributed by atoms with Crippen LogP contribution in [0.4, 0.5) is 11.5 Å². The van der Waals surface area contributed by atoms with Gasteiger partial charge in [0, 0.05) is 43.5 Å². The number of hydrogen-bond donors (Lipinski definition) is 2. The second-order valence-corrected chi connectivity index (χ2v) is 10.6. The van der Waals surface area contributed by atoms with E-state index >= 15 is 0 Å². The number of ether oxygens (including phenoxy) is 1. The Bertz CT molecular complexity index is 1530. The Balaban J connectivity index is 1.36. The van der Waals surface area contributed by atoms with Crippen LogP contribution in [-0.4, -0.2) is 65.8 Å². The standard InChI is InChI=1S/C31H29Cl2N5O4/c32-24-12-11-22(17-25(24)33)29-34-26(30(39)35-27(31(40)41)20-42-19-21-7-3-1-4-8-21)18-28(36-29)38-15-13-37(14-16-38)23-9-5-2-6-10-23/h1-12,17-18,27H,13-16,19-20H2,(H,35,39)(H,40,41)/t27-/m0/s1. The minimum atomic E-state index is -1.28. The first-order chi connectivity index (χ1) is 20.4. The lowest BCUT2D eigenvalue weighted by molar-refractivity contribution is -0.141. The third kappa shape index (κ3) is 7.36. The molecule has 0 saturated carbocycles. The molecule has 42 heavy (non-hydrogen) atoms. The number of halogens is 2. The van der Waals surface area contributed by atoms with E-state index in [1.54, 1.807) is 24.3 Å². The Kier molecular flexibility index (Phi) is 9.53. The maximum absolute atomic E-state index is 13.4. The van der Waals surface area contributed by atoms with E-state index in [4.69, 9.17) is 32.9 Å². The number of rotatable bonds is 10. The summed E-state index contributed by atoms with van der Waals surface area (Å²) >= 11 is 12.4. The lowest BCUT2D eigenvalue weighted by Gasteiger charge is -2.36. The summed E-state index contributed by atoms with van der Waals surface area (Å²) in [5, 5.41) is 13.0. The molecule has 1 aromatic heterocycles. The number of aromatic nitrogens is 2. The van der Waals surface area contributed by atoms with Gasteiger partial charge in [-0.3, -0.25) is 4.79 Å². The highest BCUT2D eigenvalue weighted by atomic mass is 35.5. The molecule has 2 N–H and O–H groups in total. The number of hydrogen-bond acceptors (Lipinski definition) is 7. The van der Waals surface area contributed by atoms with Crippen molar-refractivity contribution in [3.05, 3.63) is 106 Å². The van der Waals surface area contributed by atoms with Crippen LogP contribution in [0, 0.1) is 0 Å².